The van der Waals surface area contributed by atoms with Crippen LogP contribution < -0.4 is 24.8 Å². The Bertz CT molecular complexity index is 1790. The molecule has 0 aliphatic carbocycles. The number of benzene rings is 1. The Morgan fingerprint density at radius 3 is 2.40 bits per heavy atom. The molecule has 0 unspecified atom stereocenters. The van der Waals surface area contributed by atoms with Crippen molar-refractivity contribution < 1.29 is 32.9 Å². The fraction of sp³-hybridized carbons (Fsp3) is 0.526. The van der Waals surface area contributed by atoms with Crippen LogP contribution in [0, 0.1) is 12.7 Å². The zero-order valence-electron chi connectivity index (χ0n) is 31.3. The first kappa shape index (κ1) is 37.1. The van der Waals surface area contributed by atoms with E-state index >= 15 is 4.39 Å². The molecule has 6 rings (SSSR count). The maximum absolute atomic E-state index is 15.8. The minimum absolute atomic E-state index is 0.145. The molecule has 2 aromatic heterocycles. The van der Waals surface area contributed by atoms with E-state index < -0.39 is 29.2 Å². The normalized spacial score (nSPS) is 16.4. The average Bonchev–Trinajstić information content (AvgIpc) is 3.08. The zero-order chi connectivity index (χ0) is 37.2. The van der Waals surface area contributed by atoms with Crippen LogP contribution in [-0.2, 0) is 27.2 Å². The SMILES string of the molecule is Cc1c(N2CCc3cnc(Nc4ccc(N(CCN5CCOCC5)C(=O)OC(C)(C)C)c(F)c4)cc3C2)cnc2c1N(C(=O)OC(C)(C)C)CCO2. The summed E-state index contributed by atoms with van der Waals surface area (Å²) in [6, 6.07) is 6.67. The Labute approximate surface area is 305 Å². The highest BCUT2D eigenvalue weighted by Crippen LogP contribution is 2.40. The number of anilines is 5. The first-order valence-corrected chi connectivity index (χ1v) is 17.9. The number of nitrogens with one attached hydrogen (secondary N) is 1. The molecule has 280 valence electrons. The van der Waals surface area contributed by atoms with Gasteiger partial charge in [-0.25, -0.2) is 23.9 Å². The molecule has 52 heavy (non-hydrogen) atoms. The molecule has 2 amide bonds. The lowest BCUT2D eigenvalue weighted by molar-refractivity contribution is 0.0375. The molecule has 3 aromatic rings. The third kappa shape index (κ3) is 8.84. The second-order valence-corrected chi connectivity index (χ2v) is 15.3. The van der Waals surface area contributed by atoms with Crippen LogP contribution >= 0.6 is 0 Å². The number of carbonyl (C=O) groups excluding carboxylic acids is 2. The number of pyridine rings is 2. The molecule has 14 heteroatoms. The van der Waals surface area contributed by atoms with E-state index in [0.29, 0.717) is 62.5 Å². The predicted octanol–water partition coefficient (Wildman–Crippen LogP) is 6.44. The van der Waals surface area contributed by atoms with Crippen LogP contribution in [-0.4, -0.2) is 97.3 Å². The third-order valence-corrected chi connectivity index (χ3v) is 8.99. The molecule has 0 radical (unpaired) electrons. The number of fused-ring (bicyclic) bond motifs is 2. The summed E-state index contributed by atoms with van der Waals surface area (Å²) < 4.78 is 38.4. The van der Waals surface area contributed by atoms with E-state index in [1.165, 1.54) is 11.0 Å². The Morgan fingerprint density at radius 2 is 1.69 bits per heavy atom. The van der Waals surface area contributed by atoms with E-state index in [2.05, 4.69) is 25.1 Å². The van der Waals surface area contributed by atoms with E-state index in [0.717, 1.165) is 48.4 Å². The van der Waals surface area contributed by atoms with Crippen molar-refractivity contribution in [3.05, 3.63) is 59.2 Å². The first-order chi connectivity index (χ1) is 24.6. The second kappa shape index (κ2) is 15.1. The summed E-state index contributed by atoms with van der Waals surface area (Å²) in [5.41, 5.74) is 3.87. The topological polar surface area (TPSA) is 122 Å². The molecular formula is C38H50FN7O6. The van der Waals surface area contributed by atoms with Gasteiger partial charge in [0.25, 0.3) is 0 Å². The van der Waals surface area contributed by atoms with Gasteiger partial charge in [0.2, 0.25) is 5.88 Å². The number of ether oxygens (including phenoxy) is 4. The van der Waals surface area contributed by atoms with E-state index in [9.17, 15) is 9.59 Å². The highest BCUT2D eigenvalue weighted by Gasteiger charge is 2.33. The lowest BCUT2D eigenvalue weighted by Crippen LogP contribution is -2.45. The van der Waals surface area contributed by atoms with Gasteiger partial charge in [-0.3, -0.25) is 14.7 Å². The molecule has 3 aliphatic heterocycles. The van der Waals surface area contributed by atoms with Crippen molar-refractivity contribution in [3.8, 4) is 5.88 Å². The largest absolute Gasteiger partial charge is 0.474 e. The number of hydrogen-bond acceptors (Lipinski definition) is 11. The summed E-state index contributed by atoms with van der Waals surface area (Å²) in [7, 11) is 0. The monoisotopic (exact) mass is 719 g/mol. The van der Waals surface area contributed by atoms with Crippen LogP contribution in [0.25, 0.3) is 0 Å². The molecule has 1 aromatic carbocycles. The van der Waals surface area contributed by atoms with Gasteiger partial charge in [0, 0.05) is 56.7 Å². The molecule has 3 aliphatic rings. The summed E-state index contributed by atoms with van der Waals surface area (Å²) in [6.45, 7) is 18.5. The Hall–Kier alpha value is -4.69. The van der Waals surface area contributed by atoms with E-state index in [1.54, 1.807) is 44.0 Å². The lowest BCUT2D eigenvalue weighted by atomic mass is 10.0. The van der Waals surface area contributed by atoms with Gasteiger partial charge in [-0.05, 0) is 90.3 Å². The molecular weight excluding hydrogens is 669 g/mol. The number of carbonyl (C=O) groups is 2. The van der Waals surface area contributed by atoms with Crippen LogP contribution in [0.3, 0.4) is 0 Å². The molecule has 0 atom stereocenters. The molecule has 5 heterocycles. The molecule has 0 bridgehead atoms. The molecule has 0 spiro atoms. The van der Waals surface area contributed by atoms with Gasteiger partial charge in [0.15, 0.2) is 0 Å². The minimum Gasteiger partial charge on any atom is -0.474 e. The number of nitrogens with zero attached hydrogens (tertiary/aromatic N) is 6. The maximum Gasteiger partial charge on any atom is 0.415 e. The number of halogens is 1. The molecule has 13 nitrogen and oxygen atoms in total. The Morgan fingerprint density at radius 1 is 0.942 bits per heavy atom. The van der Waals surface area contributed by atoms with Gasteiger partial charge in [0.1, 0.15) is 35.1 Å². The lowest BCUT2D eigenvalue weighted by Gasteiger charge is -2.35. The first-order valence-electron chi connectivity index (χ1n) is 17.9. The fourth-order valence-corrected chi connectivity index (χ4v) is 6.50. The highest BCUT2D eigenvalue weighted by molar-refractivity contribution is 5.92. The average molecular weight is 720 g/mol. The Kier molecular flexibility index (Phi) is 10.8. The number of rotatable bonds is 7. The summed E-state index contributed by atoms with van der Waals surface area (Å²) in [5, 5.41) is 3.24. The van der Waals surface area contributed by atoms with Gasteiger partial charge in [0.05, 0.1) is 37.3 Å². The van der Waals surface area contributed by atoms with Gasteiger partial charge in [-0.1, -0.05) is 0 Å². The third-order valence-electron chi connectivity index (χ3n) is 8.99. The number of amides is 2. The summed E-state index contributed by atoms with van der Waals surface area (Å²) >= 11 is 0. The van der Waals surface area contributed by atoms with Crippen molar-refractivity contribution in [3.63, 3.8) is 0 Å². The molecule has 0 saturated carbocycles. The summed E-state index contributed by atoms with van der Waals surface area (Å²) in [4.78, 5) is 43.0. The van der Waals surface area contributed by atoms with Gasteiger partial charge >= 0.3 is 12.2 Å². The standard InChI is InChI=1S/C38H50FN7O6/c1-25-31(23-41-34-33(25)46(16-19-50-34)36(48)52-38(5,6)7)44-11-10-26-22-40-32(20-27(26)24-44)42-28-8-9-30(29(39)21-28)45(35(47)51-37(2,3)4)13-12-43-14-17-49-18-15-43/h8-9,20-23H,10-19,24H2,1-7H3,(H,40,42). The molecule has 1 saturated heterocycles. The molecule has 1 fully saturated rings. The van der Waals surface area contributed by atoms with E-state index in [1.807, 2.05) is 40.0 Å². The van der Waals surface area contributed by atoms with Crippen molar-refractivity contribution in [1.29, 1.82) is 0 Å². The summed E-state index contributed by atoms with van der Waals surface area (Å²) in [5.74, 6) is 0.423. The van der Waals surface area contributed by atoms with Crippen molar-refractivity contribution in [2.24, 2.45) is 0 Å². The Balaban J connectivity index is 1.18. The predicted molar refractivity (Wildman–Crippen MR) is 198 cm³/mol. The number of hydrogen-bond donors (Lipinski definition) is 1. The van der Waals surface area contributed by atoms with Crippen molar-refractivity contribution in [1.82, 2.24) is 14.9 Å². The quantitative estimate of drug-likeness (QED) is 0.291. The van der Waals surface area contributed by atoms with E-state index in [-0.39, 0.29) is 12.2 Å². The van der Waals surface area contributed by atoms with Crippen molar-refractivity contribution in [2.75, 3.05) is 79.1 Å². The van der Waals surface area contributed by atoms with Crippen molar-refractivity contribution in [2.45, 2.75) is 72.6 Å². The van der Waals surface area contributed by atoms with Crippen LogP contribution in [0.15, 0.2) is 36.7 Å². The second-order valence-electron chi connectivity index (χ2n) is 15.3. The van der Waals surface area contributed by atoms with Gasteiger partial charge < -0.3 is 29.2 Å². The zero-order valence-corrected chi connectivity index (χ0v) is 31.3. The maximum atomic E-state index is 15.8. The summed E-state index contributed by atoms with van der Waals surface area (Å²) in [6.07, 6.45) is 3.38. The fourth-order valence-electron chi connectivity index (χ4n) is 6.50. The van der Waals surface area contributed by atoms with E-state index in [4.69, 9.17) is 18.9 Å². The van der Waals surface area contributed by atoms with Crippen molar-refractivity contribution >= 4 is 40.8 Å². The highest BCUT2D eigenvalue weighted by atomic mass is 19.1. The number of aromatic nitrogens is 2. The van der Waals surface area contributed by atoms with Crippen LogP contribution in [0.5, 0.6) is 5.88 Å². The van der Waals surface area contributed by atoms with Gasteiger partial charge in [-0.2, -0.15) is 0 Å². The molecule has 1 N–H and O–H groups in total. The minimum atomic E-state index is -0.732. The number of morpholine rings is 1. The van der Waals surface area contributed by atoms with Crippen LogP contribution in [0.1, 0.15) is 58.2 Å². The smallest absolute Gasteiger partial charge is 0.415 e. The van der Waals surface area contributed by atoms with Crippen LogP contribution in [0.2, 0.25) is 0 Å². The van der Waals surface area contributed by atoms with Crippen LogP contribution in [0.4, 0.5) is 42.5 Å². The van der Waals surface area contributed by atoms with Gasteiger partial charge in [-0.15, -0.1) is 0 Å².